The summed E-state index contributed by atoms with van der Waals surface area (Å²) in [6.07, 6.45) is 0.936. The van der Waals surface area contributed by atoms with E-state index in [2.05, 4.69) is 46.1 Å². The van der Waals surface area contributed by atoms with E-state index in [4.69, 9.17) is 0 Å². The van der Waals surface area contributed by atoms with E-state index in [1.54, 1.807) is 0 Å². The fraction of sp³-hybridized carbons (Fsp3) is 0.471. The Bertz CT molecular complexity index is 668. The van der Waals surface area contributed by atoms with Gasteiger partial charge in [-0.3, -0.25) is 4.79 Å². The number of benzene rings is 1. The van der Waals surface area contributed by atoms with Crippen molar-refractivity contribution in [1.29, 1.82) is 0 Å². The van der Waals surface area contributed by atoms with Crippen molar-refractivity contribution in [3.05, 3.63) is 29.8 Å². The summed E-state index contributed by atoms with van der Waals surface area (Å²) in [5.41, 5.74) is 2.25. The first-order valence-electron chi connectivity index (χ1n) is 8.02. The summed E-state index contributed by atoms with van der Waals surface area (Å²) < 4.78 is 2.07. The molecule has 0 aliphatic heterocycles. The van der Waals surface area contributed by atoms with Gasteiger partial charge in [-0.2, -0.15) is 0 Å². The molecule has 5 nitrogen and oxygen atoms in total. The van der Waals surface area contributed by atoms with Gasteiger partial charge in [0.2, 0.25) is 5.91 Å². The number of hydrogen-bond acceptors (Lipinski definition) is 4. The lowest BCUT2D eigenvalue weighted by molar-refractivity contribution is -0.120. The van der Waals surface area contributed by atoms with Crippen LogP contribution >= 0.6 is 11.8 Å². The summed E-state index contributed by atoms with van der Waals surface area (Å²) in [6.45, 7) is 9.55. The molecule has 0 saturated carbocycles. The number of hydrogen-bond donors (Lipinski definition) is 1. The number of amides is 1. The molecule has 0 fully saturated rings. The van der Waals surface area contributed by atoms with Gasteiger partial charge in [0.15, 0.2) is 11.0 Å². The number of nitrogens with zero attached hydrogens (tertiary/aromatic N) is 3. The first kappa shape index (κ1) is 17.5. The molecular formula is C17H24N4OS. The third-order valence-corrected chi connectivity index (χ3v) is 4.70. The molecule has 6 heteroatoms. The first-order valence-corrected chi connectivity index (χ1v) is 8.90. The molecule has 0 spiro atoms. The average Bonchev–Trinajstić information content (AvgIpc) is 2.95. The van der Waals surface area contributed by atoms with Crippen molar-refractivity contribution in [3.63, 3.8) is 0 Å². The number of carbonyl (C=O) groups is 1. The molecule has 0 radical (unpaired) electrons. The van der Waals surface area contributed by atoms with E-state index in [1.807, 2.05) is 26.0 Å². The minimum atomic E-state index is -0.194. The second-order valence-electron chi connectivity index (χ2n) is 5.42. The lowest BCUT2D eigenvalue weighted by Crippen LogP contribution is -2.31. The van der Waals surface area contributed by atoms with Gasteiger partial charge in [-0.05, 0) is 32.8 Å². The van der Waals surface area contributed by atoms with E-state index in [1.165, 1.54) is 17.3 Å². The minimum Gasteiger partial charge on any atom is -0.355 e. The van der Waals surface area contributed by atoms with Gasteiger partial charge in [0.05, 0.1) is 5.25 Å². The van der Waals surface area contributed by atoms with Crippen LogP contribution in [0.4, 0.5) is 0 Å². The van der Waals surface area contributed by atoms with Crippen LogP contribution < -0.4 is 5.32 Å². The summed E-state index contributed by atoms with van der Waals surface area (Å²) in [4.78, 5) is 12.0. The Hall–Kier alpha value is -1.82. The van der Waals surface area contributed by atoms with E-state index in [9.17, 15) is 4.79 Å². The maximum absolute atomic E-state index is 12.0. The van der Waals surface area contributed by atoms with Gasteiger partial charge in [-0.1, -0.05) is 43.0 Å². The van der Waals surface area contributed by atoms with Crippen LogP contribution in [0.2, 0.25) is 0 Å². The van der Waals surface area contributed by atoms with Crippen LogP contribution in [0, 0.1) is 6.92 Å². The fourth-order valence-electron chi connectivity index (χ4n) is 2.29. The number of aryl methyl sites for hydroxylation is 1. The van der Waals surface area contributed by atoms with Crippen molar-refractivity contribution in [3.8, 4) is 11.4 Å². The summed E-state index contributed by atoms with van der Waals surface area (Å²) in [7, 11) is 0. The van der Waals surface area contributed by atoms with Crippen LogP contribution in [0.15, 0.2) is 29.4 Å². The molecule has 124 valence electrons. The molecule has 0 bridgehead atoms. The highest BCUT2D eigenvalue weighted by Crippen LogP contribution is 2.28. The zero-order valence-corrected chi connectivity index (χ0v) is 15.0. The zero-order chi connectivity index (χ0) is 16.8. The number of rotatable bonds is 7. The standard InChI is InChI=1S/C17H24N4OS/c1-5-11-18-16(22)13(4)23-17-20-19-15(21(17)6-2)14-10-8-7-9-12(14)3/h7-10,13H,5-6,11H2,1-4H3,(H,18,22)/t13-/m1/s1. The van der Waals surface area contributed by atoms with E-state index < -0.39 is 0 Å². The Balaban J connectivity index is 2.22. The van der Waals surface area contributed by atoms with Crippen molar-refractivity contribution in [2.75, 3.05) is 6.54 Å². The minimum absolute atomic E-state index is 0.0416. The van der Waals surface area contributed by atoms with E-state index >= 15 is 0 Å². The van der Waals surface area contributed by atoms with E-state index in [0.29, 0.717) is 6.54 Å². The maximum atomic E-state index is 12.0. The smallest absolute Gasteiger partial charge is 0.233 e. The number of aromatic nitrogens is 3. The quantitative estimate of drug-likeness (QED) is 0.791. The van der Waals surface area contributed by atoms with Gasteiger partial charge in [-0.25, -0.2) is 0 Å². The summed E-state index contributed by atoms with van der Waals surface area (Å²) in [5.74, 6) is 0.897. The van der Waals surface area contributed by atoms with Gasteiger partial charge < -0.3 is 9.88 Å². The summed E-state index contributed by atoms with van der Waals surface area (Å²) in [6, 6.07) is 8.14. The van der Waals surface area contributed by atoms with Crippen LogP contribution in [0.25, 0.3) is 11.4 Å². The Morgan fingerprint density at radius 2 is 2.04 bits per heavy atom. The third kappa shape index (κ3) is 4.13. The lowest BCUT2D eigenvalue weighted by Gasteiger charge is -2.12. The van der Waals surface area contributed by atoms with Gasteiger partial charge in [0, 0.05) is 18.7 Å². The van der Waals surface area contributed by atoms with Crippen LogP contribution in [0.3, 0.4) is 0 Å². The van der Waals surface area contributed by atoms with E-state index in [0.717, 1.165) is 29.5 Å². The second-order valence-corrected chi connectivity index (χ2v) is 6.72. The molecule has 0 aliphatic rings. The lowest BCUT2D eigenvalue weighted by atomic mass is 10.1. The average molecular weight is 332 g/mol. The van der Waals surface area contributed by atoms with Gasteiger partial charge in [-0.15, -0.1) is 10.2 Å². The molecule has 0 saturated heterocycles. The van der Waals surface area contributed by atoms with Gasteiger partial charge in [0.1, 0.15) is 0 Å². The van der Waals surface area contributed by atoms with Crippen LogP contribution in [-0.4, -0.2) is 32.5 Å². The Kier molecular flexibility index (Phi) is 6.21. The Labute approximate surface area is 141 Å². The number of carbonyl (C=O) groups excluding carboxylic acids is 1. The molecule has 1 aromatic carbocycles. The van der Waals surface area contributed by atoms with Crippen LogP contribution in [0.5, 0.6) is 0 Å². The molecule has 2 rings (SSSR count). The maximum Gasteiger partial charge on any atom is 0.233 e. The summed E-state index contributed by atoms with van der Waals surface area (Å²) in [5, 5.41) is 12.2. The monoisotopic (exact) mass is 332 g/mol. The zero-order valence-electron chi connectivity index (χ0n) is 14.2. The van der Waals surface area contributed by atoms with Crippen LogP contribution in [-0.2, 0) is 11.3 Å². The number of thioether (sulfide) groups is 1. The fourth-order valence-corrected chi connectivity index (χ4v) is 3.22. The predicted molar refractivity (Wildman–Crippen MR) is 94.5 cm³/mol. The van der Waals surface area contributed by atoms with Gasteiger partial charge in [0.25, 0.3) is 0 Å². The largest absolute Gasteiger partial charge is 0.355 e. The van der Waals surface area contributed by atoms with Crippen LogP contribution in [0.1, 0.15) is 32.8 Å². The molecular weight excluding hydrogens is 308 g/mol. The topological polar surface area (TPSA) is 59.8 Å². The Morgan fingerprint density at radius 1 is 1.30 bits per heavy atom. The van der Waals surface area contributed by atoms with Crippen molar-refractivity contribution in [2.45, 2.75) is 51.1 Å². The summed E-state index contributed by atoms with van der Waals surface area (Å²) >= 11 is 1.45. The molecule has 1 atom stereocenters. The highest BCUT2D eigenvalue weighted by Gasteiger charge is 2.20. The highest BCUT2D eigenvalue weighted by atomic mass is 32.2. The number of nitrogens with one attached hydrogen (secondary N) is 1. The predicted octanol–water partition coefficient (Wildman–Crippen LogP) is 3.28. The normalized spacial score (nSPS) is 12.2. The molecule has 1 heterocycles. The molecule has 0 aliphatic carbocycles. The third-order valence-electron chi connectivity index (χ3n) is 3.62. The Morgan fingerprint density at radius 3 is 2.70 bits per heavy atom. The van der Waals surface area contributed by atoms with Crippen molar-refractivity contribution in [2.24, 2.45) is 0 Å². The first-order chi connectivity index (χ1) is 11.1. The molecule has 1 amide bonds. The van der Waals surface area contributed by atoms with Crippen molar-refractivity contribution >= 4 is 17.7 Å². The molecule has 1 aromatic heterocycles. The molecule has 2 aromatic rings. The molecule has 23 heavy (non-hydrogen) atoms. The van der Waals surface area contributed by atoms with Crippen molar-refractivity contribution in [1.82, 2.24) is 20.1 Å². The van der Waals surface area contributed by atoms with E-state index in [-0.39, 0.29) is 11.2 Å². The van der Waals surface area contributed by atoms with Gasteiger partial charge >= 0.3 is 0 Å². The SMILES string of the molecule is CCCNC(=O)[C@@H](C)Sc1nnc(-c2ccccc2C)n1CC. The van der Waals surface area contributed by atoms with Crippen molar-refractivity contribution < 1.29 is 4.79 Å². The highest BCUT2D eigenvalue weighted by molar-refractivity contribution is 8.00. The molecule has 1 N–H and O–H groups in total. The second kappa shape index (κ2) is 8.15. The molecule has 0 unspecified atom stereocenters.